The molecule has 2 N–H and O–H groups in total. The molecule has 1 unspecified atom stereocenters. The fourth-order valence-corrected chi connectivity index (χ4v) is 2.67. The quantitative estimate of drug-likeness (QED) is 0.770. The minimum atomic E-state index is -0.234. The number of rotatable bonds is 5. The second kappa shape index (κ2) is 7.57. The summed E-state index contributed by atoms with van der Waals surface area (Å²) in [6.07, 6.45) is 4.66. The van der Waals surface area contributed by atoms with Crippen LogP contribution in [0.5, 0.6) is 0 Å². The minimum Gasteiger partial charge on any atom is -0.326 e. The predicted molar refractivity (Wildman–Crippen MR) is 96.7 cm³/mol. The van der Waals surface area contributed by atoms with Crippen molar-refractivity contribution in [2.24, 2.45) is 11.7 Å². The summed E-state index contributed by atoms with van der Waals surface area (Å²) in [5.74, 6) is 1.57. The Hall–Kier alpha value is -1.91. The third-order valence-electron chi connectivity index (χ3n) is 3.96. The summed E-state index contributed by atoms with van der Waals surface area (Å²) >= 11 is 0. The van der Waals surface area contributed by atoms with Gasteiger partial charge in [0.05, 0.1) is 17.1 Å². The Morgan fingerprint density at radius 2 is 1.78 bits per heavy atom. The normalized spacial score (nSPS) is 12.3. The first-order valence-electron chi connectivity index (χ1n) is 7.77. The number of nitrogens with two attached hydrogens (primary N) is 1. The van der Waals surface area contributed by atoms with Crippen LogP contribution in [0.1, 0.15) is 37.7 Å². The first-order chi connectivity index (χ1) is 10.7. The molecule has 0 aliphatic carbocycles. The molecule has 0 bridgehead atoms. The molecule has 0 amide bonds. The molecule has 0 saturated heterocycles. The van der Waals surface area contributed by atoms with Crippen LogP contribution in [-0.4, -0.2) is 14.5 Å². The van der Waals surface area contributed by atoms with E-state index in [-0.39, 0.29) is 18.4 Å². The van der Waals surface area contributed by atoms with Crippen molar-refractivity contribution >= 4 is 23.4 Å². The van der Waals surface area contributed by atoms with Crippen LogP contribution in [0.2, 0.25) is 0 Å². The highest BCUT2D eigenvalue weighted by Crippen LogP contribution is 2.24. The molecule has 5 heteroatoms. The average molecular weight is 331 g/mol. The summed E-state index contributed by atoms with van der Waals surface area (Å²) in [6, 6.07) is 11.9. The number of benzene rings is 1. The van der Waals surface area contributed by atoms with E-state index in [1.54, 1.807) is 12.4 Å². The molecule has 0 aliphatic heterocycles. The summed E-state index contributed by atoms with van der Waals surface area (Å²) in [6.45, 7) is 5.41. The summed E-state index contributed by atoms with van der Waals surface area (Å²) in [5.41, 5.74) is 9.67. The zero-order chi connectivity index (χ0) is 15.5. The fraction of sp³-hybridized carbons (Fsp3) is 0.333. The molecule has 0 fully saturated rings. The maximum atomic E-state index is 6.48. The molecule has 1 atom stereocenters. The number of para-hydroxylation sites is 2. The smallest absolute Gasteiger partial charge is 0.131 e. The number of hydrogen-bond acceptors (Lipinski definition) is 3. The molecule has 0 radical (unpaired) electrons. The Morgan fingerprint density at radius 3 is 2.48 bits per heavy atom. The lowest BCUT2D eigenvalue weighted by atomic mass is 10.1. The van der Waals surface area contributed by atoms with Crippen LogP contribution in [0.4, 0.5) is 0 Å². The second-order valence-corrected chi connectivity index (χ2v) is 6.05. The van der Waals surface area contributed by atoms with Gasteiger partial charge in [-0.05, 0) is 42.2 Å². The lowest BCUT2D eigenvalue weighted by molar-refractivity contribution is 0.507. The first kappa shape index (κ1) is 17.4. The molecule has 0 spiro atoms. The van der Waals surface area contributed by atoms with Gasteiger partial charge in [-0.2, -0.15) is 0 Å². The molecule has 122 valence electrons. The summed E-state index contributed by atoms with van der Waals surface area (Å²) < 4.78 is 2.26. The third-order valence-corrected chi connectivity index (χ3v) is 3.96. The molecule has 2 aromatic heterocycles. The Bertz CT molecular complexity index is 752. The van der Waals surface area contributed by atoms with Gasteiger partial charge in [-0.3, -0.25) is 4.98 Å². The van der Waals surface area contributed by atoms with Gasteiger partial charge >= 0.3 is 0 Å². The van der Waals surface area contributed by atoms with Crippen molar-refractivity contribution in [1.29, 1.82) is 0 Å². The van der Waals surface area contributed by atoms with Gasteiger partial charge in [0.1, 0.15) is 5.82 Å². The van der Waals surface area contributed by atoms with Crippen LogP contribution in [0.15, 0.2) is 48.8 Å². The van der Waals surface area contributed by atoms with Crippen LogP contribution < -0.4 is 5.73 Å². The molecule has 1 aromatic carbocycles. The Labute approximate surface area is 143 Å². The number of aromatic nitrogens is 3. The van der Waals surface area contributed by atoms with Gasteiger partial charge in [0.15, 0.2) is 0 Å². The number of nitrogens with zero attached hydrogens (tertiary/aromatic N) is 3. The average Bonchev–Trinajstić information content (AvgIpc) is 2.91. The minimum absolute atomic E-state index is 0. The third kappa shape index (κ3) is 3.71. The predicted octanol–water partition coefficient (Wildman–Crippen LogP) is 3.95. The number of aryl methyl sites for hydroxylation is 1. The van der Waals surface area contributed by atoms with Crippen molar-refractivity contribution in [3.8, 4) is 0 Å². The maximum Gasteiger partial charge on any atom is 0.131 e. The largest absolute Gasteiger partial charge is 0.326 e. The van der Waals surface area contributed by atoms with Crippen LogP contribution in [0.25, 0.3) is 11.0 Å². The van der Waals surface area contributed by atoms with Crippen LogP contribution >= 0.6 is 12.4 Å². The van der Waals surface area contributed by atoms with E-state index >= 15 is 0 Å². The number of halogens is 1. The number of fused-ring (bicyclic) bond motifs is 1. The van der Waals surface area contributed by atoms with Gasteiger partial charge in [-0.1, -0.05) is 26.0 Å². The number of hydrogen-bond donors (Lipinski definition) is 1. The van der Waals surface area contributed by atoms with E-state index in [0.29, 0.717) is 5.92 Å². The van der Waals surface area contributed by atoms with Crippen molar-refractivity contribution in [2.75, 3.05) is 0 Å². The molecule has 2 heterocycles. The topological polar surface area (TPSA) is 56.7 Å². The summed E-state index contributed by atoms with van der Waals surface area (Å²) in [7, 11) is 0. The SMILES string of the molecule is CC(C)CCn1c(C(N)c2ccncc2)nc2ccccc21.Cl. The molecular formula is C18H23ClN4. The second-order valence-electron chi connectivity index (χ2n) is 6.05. The Kier molecular flexibility index (Phi) is 5.74. The van der Waals surface area contributed by atoms with Crippen molar-refractivity contribution < 1.29 is 0 Å². The van der Waals surface area contributed by atoms with Crippen molar-refractivity contribution in [1.82, 2.24) is 14.5 Å². The lowest BCUT2D eigenvalue weighted by Crippen LogP contribution is -2.18. The monoisotopic (exact) mass is 330 g/mol. The van der Waals surface area contributed by atoms with E-state index in [1.165, 1.54) is 0 Å². The van der Waals surface area contributed by atoms with Gasteiger partial charge in [-0.15, -0.1) is 12.4 Å². The molecule has 3 aromatic rings. The van der Waals surface area contributed by atoms with E-state index in [9.17, 15) is 0 Å². The van der Waals surface area contributed by atoms with Crippen molar-refractivity contribution in [3.05, 3.63) is 60.2 Å². The number of imidazole rings is 1. The summed E-state index contributed by atoms with van der Waals surface area (Å²) in [4.78, 5) is 8.85. The summed E-state index contributed by atoms with van der Waals surface area (Å²) in [5, 5.41) is 0. The van der Waals surface area contributed by atoms with E-state index < -0.39 is 0 Å². The Morgan fingerprint density at radius 1 is 1.09 bits per heavy atom. The molecule has 4 nitrogen and oxygen atoms in total. The van der Waals surface area contributed by atoms with E-state index in [4.69, 9.17) is 10.7 Å². The zero-order valence-corrected chi connectivity index (χ0v) is 14.3. The first-order valence-corrected chi connectivity index (χ1v) is 7.77. The molecule has 0 aliphatic rings. The lowest BCUT2D eigenvalue weighted by Gasteiger charge is -2.16. The van der Waals surface area contributed by atoms with Crippen LogP contribution in [0.3, 0.4) is 0 Å². The molecular weight excluding hydrogens is 308 g/mol. The Balaban J connectivity index is 0.00000192. The fourth-order valence-electron chi connectivity index (χ4n) is 2.67. The standard InChI is InChI=1S/C18H22N4.ClH/c1-13(2)9-12-22-16-6-4-3-5-15(16)21-18(22)17(19)14-7-10-20-11-8-14;/h3-8,10-11,13,17H,9,12,19H2,1-2H3;1H. The molecule has 0 saturated carbocycles. The molecule has 3 rings (SSSR count). The highest BCUT2D eigenvalue weighted by Gasteiger charge is 2.18. The van der Waals surface area contributed by atoms with Crippen molar-refractivity contribution in [3.63, 3.8) is 0 Å². The highest BCUT2D eigenvalue weighted by atomic mass is 35.5. The van der Waals surface area contributed by atoms with Crippen LogP contribution in [-0.2, 0) is 6.54 Å². The van der Waals surface area contributed by atoms with Gasteiger partial charge in [-0.25, -0.2) is 4.98 Å². The number of pyridine rings is 1. The molecule has 23 heavy (non-hydrogen) atoms. The highest BCUT2D eigenvalue weighted by molar-refractivity contribution is 5.85. The van der Waals surface area contributed by atoms with E-state index in [1.807, 2.05) is 24.3 Å². The van der Waals surface area contributed by atoms with Crippen LogP contribution in [0, 0.1) is 5.92 Å². The van der Waals surface area contributed by atoms with Crippen molar-refractivity contribution in [2.45, 2.75) is 32.9 Å². The van der Waals surface area contributed by atoms with Gasteiger partial charge in [0.2, 0.25) is 0 Å². The van der Waals surface area contributed by atoms with E-state index in [0.717, 1.165) is 35.4 Å². The van der Waals surface area contributed by atoms with E-state index in [2.05, 4.69) is 35.5 Å². The zero-order valence-electron chi connectivity index (χ0n) is 13.5. The van der Waals surface area contributed by atoms with Gasteiger partial charge in [0, 0.05) is 18.9 Å². The maximum absolute atomic E-state index is 6.48. The van der Waals surface area contributed by atoms with Gasteiger partial charge in [0.25, 0.3) is 0 Å². The van der Waals surface area contributed by atoms with Gasteiger partial charge < -0.3 is 10.3 Å².